The first-order valence-corrected chi connectivity index (χ1v) is 5.38. The summed E-state index contributed by atoms with van der Waals surface area (Å²) in [5, 5.41) is 9.89. The molecule has 17 heavy (non-hydrogen) atoms. The maximum atomic E-state index is 13.8. The van der Waals surface area contributed by atoms with Crippen molar-refractivity contribution in [3.63, 3.8) is 0 Å². The molecule has 0 aromatic heterocycles. The van der Waals surface area contributed by atoms with E-state index < -0.39 is 18.1 Å². The highest BCUT2D eigenvalue weighted by Crippen LogP contribution is 2.36. The summed E-state index contributed by atoms with van der Waals surface area (Å²) in [5.41, 5.74) is 1.04. The summed E-state index contributed by atoms with van der Waals surface area (Å²) in [6.45, 7) is 3.85. The predicted octanol–water partition coefficient (Wildman–Crippen LogP) is 2.38. The lowest BCUT2D eigenvalue weighted by atomic mass is 9.98. The first-order chi connectivity index (χ1) is 7.91. The zero-order valence-corrected chi connectivity index (χ0v) is 9.90. The molecule has 0 saturated heterocycles. The van der Waals surface area contributed by atoms with Crippen molar-refractivity contribution in [3.05, 3.63) is 29.1 Å². The van der Waals surface area contributed by atoms with E-state index in [2.05, 4.69) is 0 Å². The number of carbonyl (C=O) groups excluding carboxylic acids is 1. The molecular weight excluding hydrogens is 225 g/mol. The molecule has 0 aliphatic carbocycles. The van der Waals surface area contributed by atoms with Gasteiger partial charge in [0.1, 0.15) is 0 Å². The molecule has 1 unspecified atom stereocenters. The number of ether oxygens (including phenoxy) is 1. The van der Waals surface area contributed by atoms with Gasteiger partial charge in [-0.05, 0) is 23.6 Å². The van der Waals surface area contributed by atoms with Crippen molar-refractivity contribution in [2.24, 2.45) is 0 Å². The van der Waals surface area contributed by atoms with Gasteiger partial charge in [0.05, 0.1) is 0 Å². The van der Waals surface area contributed by atoms with Gasteiger partial charge >= 0.3 is 6.09 Å². The van der Waals surface area contributed by atoms with Crippen LogP contribution in [0.5, 0.6) is 5.75 Å². The number of benzene rings is 1. The molecule has 1 amide bonds. The molecule has 92 valence electrons. The van der Waals surface area contributed by atoms with Crippen molar-refractivity contribution in [1.82, 2.24) is 4.90 Å². The smallest absolute Gasteiger partial charge is 0.407 e. The lowest BCUT2D eigenvalue weighted by Gasteiger charge is -2.30. The molecule has 4 nitrogen and oxygen atoms in total. The first-order valence-electron chi connectivity index (χ1n) is 5.38. The van der Waals surface area contributed by atoms with Gasteiger partial charge in [-0.15, -0.1) is 0 Å². The molecule has 1 N–H and O–H groups in total. The average molecular weight is 239 g/mol. The van der Waals surface area contributed by atoms with Crippen molar-refractivity contribution >= 4 is 6.09 Å². The van der Waals surface area contributed by atoms with E-state index in [1.54, 1.807) is 6.07 Å². The van der Waals surface area contributed by atoms with Gasteiger partial charge < -0.3 is 9.84 Å². The SMILES string of the molecule is CC(C)c1cc(F)c2c(c1)C(O)N(C)C(=O)O2. The summed E-state index contributed by atoms with van der Waals surface area (Å²) in [7, 11) is 1.40. The Labute approximate surface area is 98.6 Å². The van der Waals surface area contributed by atoms with Crippen LogP contribution in [0.4, 0.5) is 9.18 Å². The summed E-state index contributed by atoms with van der Waals surface area (Å²) >= 11 is 0. The first kappa shape index (κ1) is 11.9. The normalized spacial score (nSPS) is 19.3. The quantitative estimate of drug-likeness (QED) is 0.818. The fourth-order valence-electron chi connectivity index (χ4n) is 1.74. The molecule has 0 fully saturated rings. The maximum Gasteiger partial charge on any atom is 0.417 e. The van der Waals surface area contributed by atoms with Crippen LogP contribution < -0.4 is 4.74 Å². The minimum absolute atomic E-state index is 0.130. The van der Waals surface area contributed by atoms with Crippen molar-refractivity contribution in [1.29, 1.82) is 0 Å². The van der Waals surface area contributed by atoms with Crippen LogP contribution in [-0.2, 0) is 0 Å². The number of aliphatic hydroxyl groups excluding tert-OH is 1. The lowest BCUT2D eigenvalue weighted by Crippen LogP contribution is -2.38. The second-order valence-electron chi connectivity index (χ2n) is 4.43. The fraction of sp³-hybridized carbons (Fsp3) is 0.417. The van der Waals surface area contributed by atoms with Crippen LogP contribution in [-0.4, -0.2) is 23.1 Å². The topological polar surface area (TPSA) is 49.8 Å². The summed E-state index contributed by atoms with van der Waals surface area (Å²) in [5.74, 6) is -0.665. The number of rotatable bonds is 1. The van der Waals surface area contributed by atoms with Gasteiger partial charge in [0.15, 0.2) is 17.8 Å². The van der Waals surface area contributed by atoms with Crippen LogP contribution in [0, 0.1) is 5.82 Å². The van der Waals surface area contributed by atoms with E-state index in [9.17, 15) is 14.3 Å². The molecule has 2 rings (SSSR count). The molecular formula is C12H14FNO3. The minimum atomic E-state index is -1.17. The van der Waals surface area contributed by atoms with Crippen LogP contribution in [0.25, 0.3) is 0 Å². The Kier molecular flexibility index (Phi) is 2.79. The molecule has 1 aliphatic heterocycles. The summed E-state index contributed by atoms with van der Waals surface area (Å²) in [6, 6.07) is 2.99. The highest BCUT2D eigenvalue weighted by atomic mass is 19.1. The van der Waals surface area contributed by atoms with Gasteiger partial charge in [-0.1, -0.05) is 13.8 Å². The maximum absolute atomic E-state index is 13.8. The Bertz CT molecular complexity index is 473. The van der Waals surface area contributed by atoms with Crippen LogP contribution in [0.3, 0.4) is 0 Å². The number of amides is 1. The average Bonchev–Trinajstić information content (AvgIpc) is 2.27. The number of nitrogens with zero attached hydrogens (tertiary/aromatic N) is 1. The fourth-order valence-corrected chi connectivity index (χ4v) is 1.74. The minimum Gasteiger partial charge on any atom is -0.407 e. The molecule has 1 atom stereocenters. The molecule has 1 heterocycles. The molecule has 0 bridgehead atoms. The molecule has 1 aromatic rings. The third-order valence-electron chi connectivity index (χ3n) is 2.88. The summed E-state index contributed by atoms with van der Waals surface area (Å²) in [6.07, 6.45) is -1.93. The summed E-state index contributed by atoms with van der Waals surface area (Å²) < 4.78 is 18.6. The lowest BCUT2D eigenvalue weighted by molar-refractivity contribution is 0.0134. The monoisotopic (exact) mass is 239 g/mol. The zero-order chi connectivity index (χ0) is 12.7. The van der Waals surface area contributed by atoms with Crippen LogP contribution in [0.15, 0.2) is 12.1 Å². The number of carbonyl (C=O) groups is 1. The third-order valence-corrected chi connectivity index (χ3v) is 2.88. The third kappa shape index (κ3) is 1.86. The Morgan fingerprint density at radius 3 is 2.71 bits per heavy atom. The van der Waals surface area contributed by atoms with Gasteiger partial charge in [-0.2, -0.15) is 0 Å². The molecule has 5 heteroatoms. The Balaban J connectivity index is 2.57. The van der Waals surface area contributed by atoms with Gasteiger partial charge in [0, 0.05) is 12.6 Å². The molecule has 1 aromatic carbocycles. The van der Waals surface area contributed by atoms with E-state index in [1.165, 1.54) is 13.1 Å². The van der Waals surface area contributed by atoms with E-state index in [4.69, 9.17) is 4.74 Å². The largest absolute Gasteiger partial charge is 0.417 e. The highest BCUT2D eigenvalue weighted by molar-refractivity contribution is 5.74. The number of hydrogen-bond donors (Lipinski definition) is 1. The van der Waals surface area contributed by atoms with Gasteiger partial charge in [0.25, 0.3) is 0 Å². The van der Waals surface area contributed by atoms with Crippen molar-refractivity contribution in [2.45, 2.75) is 26.0 Å². The van der Waals surface area contributed by atoms with Gasteiger partial charge in [0.2, 0.25) is 0 Å². The summed E-state index contributed by atoms with van der Waals surface area (Å²) in [4.78, 5) is 12.3. The standard InChI is InChI=1S/C12H14FNO3/c1-6(2)7-4-8-10(9(13)5-7)17-12(16)14(3)11(8)15/h4-6,11,15H,1-3H3. The van der Waals surface area contributed by atoms with E-state index in [1.807, 2.05) is 13.8 Å². The number of aliphatic hydroxyl groups is 1. The van der Waals surface area contributed by atoms with E-state index in [0.717, 1.165) is 10.5 Å². The van der Waals surface area contributed by atoms with Crippen molar-refractivity contribution in [3.8, 4) is 5.75 Å². The zero-order valence-electron chi connectivity index (χ0n) is 9.90. The van der Waals surface area contributed by atoms with Gasteiger partial charge in [-0.25, -0.2) is 9.18 Å². The molecule has 1 aliphatic rings. The Morgan fingerprint density at radius 1 is 1.47 bits per heavy atom. The van der Waals surface area contributed by atoms with Crippen LogP contribution in [0.1, 0.15) is 37.1 Å². The van der Waals surface area contributed by atoms with E-state index >= 15 is 0 Å². The predicted molar refractivity (Wildman–Crippen MR) is 59.2 cm³/mol. The molecule has 0 saturated carbocycles. The van der Waals surface area contributed by atoms with E-state index in [-0.39, 0.29) is 17.2 Å². The van der Waals surface area contributed by atoms with Crippen molar-refractivity contribution < 1.29 is 19.0 Å². The number of halogens is 1. The second kappa shape index (κ2) is 4.00. The second-order valence-corrected chi connectivity index (χ2v) is 4.43. The van der Waals surface area contributed by atoms with Crippen molar-refractivity contribution in [2.75, 3.05) is 7.05 Å². The Hall–Kier alpha value is -1.62. The molecule has 0 radical (unpaired) electrons. The Morgan fingerprint density at radius 2 is 2.12 bits per heavy atom. The van der Waals surface area contributed by atoms with Crippen LogP contribution in [0.2, 0.25) is 0 Å². The molecule has 0 spiro atoms. The highest BCUT2D eigenvalue weighted by Gasteiger charge is 2.32. The number of fused-ring (bicyclic) bond motifs is 1. The van der Waals surface area contributed by atoms with E-state index in [0.29, 0.717) is 0 Å². The number of hydrogen-bond acceptors (Lipinski definition) is 3. The van der Waals surface area contributed by atoms with Gasteiger partial charge in [-0.3, -0.25) is 4.90 Å². The van der Waals surface area contributed by atoms with Crippen LogP contribution >= 0.6 is 0 Å².